The summed E-state index contributed by atoms with van der Waals surface area (Å²) in [5.41, 5.74) is 1.24. The molecule has 6 heteroatoms. The fraction of sp³-hybridized carbons (Fsp3) is 0.182. The van der Waals surface area contributed by atoms with Crippen LogP contribution in [0.4, 0.5) is 0 Å². The van der Waals surface area contributed by atoms with Crippen molar-refractivity contribution in [3.63, 3.8) is 0 Å². The molecule has 0 amide bonds. The Balaban J connectivity index is 1.94. The van der Waals surface area contributed by atoms with Gasteiger partial charge in [0.05, 0.1) is 19.6 Å². The SMILES string of the molecule is C[C@@H]1c2c(S(=O)(=O)c3ccccc3)ccc(S(=O)(=O)c3ccccc3)c2[C@H]1C. The van der Waals surface area contributed by atoms with E-state index in [2.05, 4.69) is 0 Å². The first-order valence-corrected chi connectivity index (χ1v) is 12.0. The van der Waals surface area contributed by atoms with E-state index in [9.17, 15) is 16.8 Å². The molecule has 0 unspecified atom stereocenters. The molecule has 3 aromatic rings. The molecule has 0 saturated carbocycles. The molecule has 2 atom stereocenters. The average Bonchev–Trinajstić information content (AvgIpc) is 2.73. The van der Waals surface area contributed by atoms with Crippen molar-refractivity contribution >= 4 is 19.7 Å². The van der Waals surface area contributed by atoms with E-state index in [1.165, 1.54) is 12.1 Å². The van der Waals surface area contributed by atoms with E-state index in [0.717, 1.165) is 0 Å². The molecule has 4 rings (SSSR count). The second kappa shape index (κ2) is 6.57. The van der Waals surface area contributed by atoms with Gasteiger partial charge >= 0.3 is 0 Å². The standard InChI is InChI=1S/C22H20O4S2/c1-15-16(2)22-20(28(25,26)18-11-7-4-8-12-18)14-13-19(21(15)22)27(23,24)17-9-5-3-6-10-17/h3-16H,1-2H3/t15-,16-/m0/s1. The smallest absolute Gasteiger partial charge is 0.206 e. The van der Waals surface area contributed by atoms with Gasteiger partial charge in [0.2, 0.25) is 19.7 Å². The second-order valence-electron chi connectivity index (χ2n) is 7.10. The summed E-state index contributed by atoms with van der Waals surface area (Å²) >= 11 is 0. The van der Waals surface area contributed by atoms with E-state index in [1.807, 2.05) is 13.8 Å². The van der Waals surface area contributed by atoms with Crippen molar-refractivity contribution in [1.82, 2.24) is 0 Å². The molecule has 0 heterocycles. The molecule has 0 spiro atoms. The maximum atomic E-state index is 13.2. The van der Waals surface area contributed by atoms with Gasteiger partial charge in [0, 0.05) is 0 Å². The number of hydrogen-bond acceptors (Lipinski definition) is 4. The minimum absolute atomic E-state index is 0.0330. The van der Waals surface area contributed by atoms with Gasteiger partial charge in [-0.25, -0.2) is 16.8 Å². The topological polar surface area (TPSA) is 68.3 Å². The summed E-state index contributed by atoms with van der Waals surface area (Å²) in [6, 6.07) is 19.4. The fourth-order valence-electron chi connectivity index (χ4n) is 3.86. The van der Waals surface area contributed by atoms with Gasteiger partial charge in [-0.15, -0.1) is 0 Å². The summed E-state index contributed by atoms with van der Waals surface area (Å²) in [6.45, 7) is 3.88. The Kier molecular flexibility index (Phi) is 4.43. The minimum Gasteiger partial charge on any atom is -0.219 e. The van der Waals surface area contributed by atoms with E-state index in [-0.39, 0.29) is 31.4 Å². The molecule has 0 saturated heterocycles. The quantitative estimate of drug-likeness (QED) is 0.629. The van der Waals surface area contributed by atoms with Gasteiger partial charge in [0.25, 0.3) is 0 Å². The predicted molar refractivity (Wildman–Crippen MR) is 107 cm³/mol. The van der Waals surface area contributed by atoms with Crippen LogP contribution < -0.4 is 0 Å². The Labute approximate surface area is 165 Å². The Morgan fingerprint density at radius 1 is 0.536 bits per heavy atom. The highest BCUT2D eigenvalue weighted by molar-refractivity contribution is 7.92. The Morgan fingerprint density at radius 3 is 1.18 bits per heavy atom. The molecule has 0 aliphatic heterocycles. The van der Waals surface area contributed by atoms with E-state index in [0.29, 0.717) is 11.1 Å². The zero-order valence-corrected chi connectivity index (χ0v) is 17.2. The molecule has 0 fully saturated rings. The monoisotopic (exact) mass is 412 g/mol. The summed E-state index contributed by atoms with van der Waals surface area (Å²) in [6.07, 6.45) is 0. The molecule has 0 radical (unpaired) electrons. The molecule has 0 aromatic heterocycles. The van der Waals surface area contributed by atoms with Crippen molar-refractivity contribution in [3.8, 4) is 0 Å². The summed E-state index contributed by atoms with van der Waals surface area (Å²) in [5.74, 6) is -0.0659. The molecule has 0 bridgehead atoms. The summed E-state index contributed by atoms with van der Waals surface area (Å²) in [5, 5.41) is 0. The molecule has 3 aromatic carbocycles. The van der Waals surface area contributed by atoms with Crippen LogP contribution >= 0.6 is 0 Å². The third kappa shape index (κ3) is 2.71. The van der Waals surface area contributed by atoms with E-state index in [4.69, 9.17) is 0 Å². The third-order valence-corrected chi connectivity index (χ3v) is 9.21. The summed E-state index contributed by atoms with van der Waals surface area (Å²) < 4.78 is 52.7. The average molecular weight is 413 g/mol. The fourth-order valence-corrected chi connectivity index (χ4v) is 7.07. The highest BCUT2D eigenvalue weighted by Gasteiger charge is 2.41. The van der Waals surface area contributed by atoms with Gasteiger partial charge in [-0.05, 0) is 59.4 Å². The highest BCUT2D eigenvalue weighted by atomic mass is 32.2. The highest BCUT2D eigenvalue weighted by Crippen LogP contribution is 2.52. The van der Waals surface area contributed by atoms with E-state index in [1.54, 1.807) is 60.7 Å². The Morgan fingerprint density at radius 2 is 0.857 bits per heavy atom. The van der Waals surface area contributed by atoms with Gasteiger partial charge in [0.15, 0.2) is 0 Å². The third-order valence-electron chi connectivity index (χ3n) is 5.55. The predicted octanol–water partition coefficient (Wildman–Crippen LogP) is 4.57. The second-order valence-corrected chi connectivity index (χ2v) is 10.9. The van der Waals surface area contributed by atoms with E-state index < -0.39 is 19.7 Å². The minimum atomic E-state index is -3.72. The van der Waals surface area contributed by atoms with Crippen LogP contribution in [-0.4, -0.2) is 16.8 Å². The first-order valence-electron chi connectivity index (χ1n) is 9.03. The lowest BCUT2D eigenvalue weighted by Crippen LogP contribution is -2.26. The summed E-state index contributed by atoms with van der Waals surface area (Å²) in [4.78, 5) is 0.822. The summed E-state index contributed by atoms with van der Waals surface area (Å²) in [7, 11) is -7.44. The number of hydrogen-bond donors (Lipinski definition) is 0. The van der Waals surface area contributed by atoms with Crippen LogP contribution in [0, 0.1) is 0 Å². The molecule has 0 N–H and O–H groups in total. The molecule has 4 nitrogen and oxygen atoms in total. The van der Waals surface area contributed by atoms with Gasteiger partial charge in [-0.2, -0.15) is 0 Å². The van der Waals surface area contributed by atoms with Gasteiger partial charge in [-0.1, -0.05) is 50.2 Å². The molecule has 1 aliphatic carbocycles. The van der Waals surface area contributed by atoms with Crippen LogP contribution in [-0.2, 0) is 19.7 Å². The molecular weight excluding hydrogens is 392 g/mol. The normalized spacial score (nSPS) is 18.9. The lowest BCUT2D eigenvalue weighted by Gasteiger charge is -2.38. The van der Waals surface area contributed by atoms with Crippen molar-refractivity contribution in [2.75, 3.05) is 0 Å². The molecule has 144 valence electrons. The van der Waals surface area contributed by atoms with Crippen molar-refractivity contribution in [2.24, 2.45) is 0 Å². The maximum absolute atomic E-state index is 13.2. The van der Waals surface area contributed by atoms with Crippen LogP contribution in [0.2, 0.25) is 0 Å². The van der Waals surface area contributed by atoms with Crippen LogP contribution in [0.15, 0.2) is 92.4 Å². The first-order chi connectivity index (χ1) is 13.3. The molecular formula is C22H20O4S2. The lowest BCUT2D eigenvalue weighted by molar-refractivity contribution is 0.505. The first kappa shape index (κ1) is 18.9. The van der Waals surface area contributed by atoms with Gasteiger partial charge in [0.1, 0.15) is 0 Å². The number of benzene rings is 3. The van der Waals surface area contributed by atoms with Gasteiger partial charge in [-0.3, -0.25) is 0 Å². The van der Waals surface area contributed by atoms with Crippen LogP contribution in [0.5, 0.6) is 0 Å². The maximum Gasteiger partial charge on any atom is 0.206 e. The molecule has 28 heavy (non-hydrogen) atoms. The number of rotatable bonds is 4. The lowest BCUT2D eigenvalue weighted by atomic mass is 9.70. The van der Waals surface area contributed by atoms with Crippen LogP contribution in [0.1, 0.15) is 36.8 Å². The van der Waals surface area contributed by atoms with Crippen LogP contribution in [0.3, 0.4) is 0 Å². The van der Waals surface area contributed by atoms with Crippen LogP contribution in [0.25, 0.3) is 0 Å². The Bertz CT molecular complexity index is 1150. The van der Waals surface area contributed by atoms with Crippen molar-refractivity contribution in [2.45, 2.75) is 45.3 Å². The van der Waals surface area contributed by atoms with Crippen molar-refractivity contribution < 1.29 is 16.8 Å². The zero-order chi connectivity index (χ0) is 20.1. The van der Waals surface area contributed by atoms with E-state index >= 15 is 0 Å². The van der Waals surface area contributed by atoms with Gasteiger partial charge < -0.3 is 0 Å². The number of fused-ring (bicyclic) bond motifs is 1. The Hall–Kier alpha value is -2.44. The molecule has 1 aliphatic rings. The zero-order valence-electron chi connectivity index (χ0n) is 15.5. The number of sulfone groups is 2. The van der Waals surface area contributed by atoms with Crippen molar-refractivity contribution in [3.05, 3.63) is 83.9 Å². The largest absolute Gasteiger partial charge is 0.219 e. The van der Waals surface area contributed by atoms with Crippen molar-refractivity contribution in [1.29, 1.82) is 0 Å².